The number of hydrogen-bond donors (Lipinski definition) is 1. The largest absolute Gasteiger partial charge is 0.469 e. The molecular weight excluding hydrogens is 398 g/mol. The second kappa shape index (κ2) is 8.64. The van der Waals surface area contributed by atoms with Crippen molar-refractivity contribution >= 4 is 27.6 Å². The summed E-state index contributed by atoms with van der Waals surface area (Å²) in [5.41, 5.74) is 1.98. The predicted octanol–water partition coefficient (Wildman–Crippen LogP) is 3.75. The van der Waals surface area contributed by atoms with Gasteiger partial charge in [-0.1, -0.05) is 42.3 Å². The zero-order valence-corrected chi connectivity index (χ0v) is 17.4. The summed E-state index contributed by atoms with van der Waals surface area (Å²) in [5, 5.41) is 0.505. The van der Waals surface area contributed by atoms with Gasteiger partial charge in [-0.15, -0.1) is 0 Å². The zero-order valence-electron chi connectivity index (χ0n) is 15.8. The number of methoxy groups -OCH3 is 1. The lowest BCUT2D eigenvalue weighted by Gasteiger charge is -2.42. The number of hydrogen-bond acceptors (Lipinski definition) is 4. The quantitative estimate of drug-likeness (QED) is 0.659. The van der Waals surface area contributed by atoms with Crippen LogP contribution in [0.25, 0.3) is 0 Å². The molecule has 0 amide bonds. The molecule has 1 N–H and O–H groups in total. The van der Waals surface area contributed by atoms with Gasteiger partial charge in [0, 0.05) is 11.6 Å². The first-order valence-electron chi connectivity index (χ1n) is 9.22. The van der Waals surface area contributed by atoms with Crippen LogP contribution < -0.4 is 4.72 Å². The van der Waals surface area contributed by atoms with Crippen molar-refractivity contribution in [1.29, 1.82) is 0 Å². The molecule has 1 fully saturated rings. The smallest absolute Gasteiger partial charge is 0.309 e. The fraction of sp³-hybridized carbons (Fsp3) is 0.381. The predicted molar refractivity (Wildman–Crippen MR) is 109 cm³/mol. The molecule has 0 aliphatic heterocycles. The van der Waals surface area contributed by atoms with E-state index in [9.17, 15) is 13.2 Å². The molecule has 2 aromatic carbocycles. The highest BCUT2D eigenvalue weighted by Gasteiger charge is 2.38. The molecule has 0 atom stereocenters. The fourth-order valence-electron chi connectivity index (χ4n) is 3.48. The van der Waals surface area contributed by atoms with Crippen molar-refractivity contribution < 1.29 is 17.9 Å². The molecule has 1 saturated carbocycles. The monoisotopic (exact) mass is 421 g/mol. The summed E-state index contributed by atoms with van der Waals surface area (Å²) in [6.07, 6.45) is 4.13. The third-order valence-electron chi connectivity index (χ3n) is 5.35. The summed E-state index contributed by atoms with van der Waals surface area (Å²) in [7, 11) is -2.18. The first kappa shape index (κ1) is 20.8. The van der Waals surface area contributed by atoms with Gasteiger partial charge in [-0.25, -0.2) is 13.1 Å². The van der Waals surface area contributed by atoms with Gasteiger partial charge in [0.05, 0.1) is 18.4 Å². The van der Waals surface area contributed by atoms with E-state index in [-0.39, 0.29) is 22.7 Å². The van der Waals surface area contributed by atoms with E-state index in [0.29, 0.717) is 11.6 Å². The third kappa shape index (κ3) is 5.13. The average Bonchev–Trinajstić information content (AvgIpc) is 2.65. The second-order valence-electron chi connectivity index (χ2n) is 7.38. The van der Waals surface area contributed by atoms with Gasteiger partial charge in [-0.3, -0.25) is 4.79 Å². The van der Waals surface area contributed by atoms with Gasteiger partial charge in [-0.05, 0) is 60.1 Å². The Morgan fingerprint density at radius 1 is 1.07 bits per heavy atom. The molecule has 0 bridgehead atoms. The average molecular weight is 422 g/mol. The van der Waals surface area contributed by atoms with Crippen LogP contribution in [0.4, 0.5) is 0 Å². The summed E-state index contributed by atoms with van der Waals surface area (Å²) in [4.78, 5) is 11.6. The van der Waals surface area contributed by atoms with Crippen molar-refractivity contribution in [3.63, 3.8) is 0 Å². The number of rotatable bonds is 8. The van der Waals surface area contributed by atoms with Gasteiger partial charge < -0.3 is 4.74 Å². The maximum absolute atomic E-state index is 12.6. The highest BCUT2D eigenvalue weighted by molar-refractivity contribution is 7.89. The standard InChI is InChI=1S/C21H24ClNO4S/c1-27-20(24)13-16-3-5-17(6-4-16)14-21(11-2-12-21)15-23-28(25,26)19-9-7-18(22)8-10-19/h3-10,23H,2,11-15H2,1H3. The van der Waals surface area contributed by atoms with Crippen molar-refractivity contribution in [2.75, 3.05) is 13.7 Å². The molecular formula is C21H24ClNO4S. The van der Waals surface area contributed by atoms with E-state index in [4.69, 9.17) is 11.6 Å². The molecule has 0 aromatic heterocycles. The second-order valence-corrected chi connectivity index (χ2v) is 9.58. The number of halogens is 1. The van der Waals surface area contributed by atoms with Crippen LogP contribution >= 0.6 is 11.6 Å². The van der Waals surface area contributed by atoms with Gasteiger partial charge in [0.1, 0.15) is 0 Å². The SMILES string of the molecule is COC(=O)Cc1ccc(CC2(CNS(=O)(=O)c3ccc(Cl)cc3)CCC2)cc1. The summed E-state index contributed by atoms with van der Waals surface area (Å²) >= 11 is 5.84. The summed E-state index contributed by atoms with van der Waals surface area (Å²) < 4.78 is 32.6. The number of ether oxygens (including phenoxy) is 1. The van der Waals surface area contributed by atoms with E-state index < -0.39 is 10.0 Å². The fourth-order valence-corrected chi connectivity index (χ4v) is 4.77. The van der Waals surface area contributed by atoms with E-state index in [0.717, 1.165) is 36.8 Å². The van der Waals surface area contributed by atoms with Gasteiger partial charge in [0.25, 0.3) is 0 Å². The number of nitrogens with one attached hydrogen (secondary N) is 1. The topological polar surface area (TPSA) is 72.5 Å². The first-order chi connectivity index (χ1) is 13.3. The Labute approximate surface area is 171 Å². The Morgan fingerprint density at radius 3 is 2.21 bits per heavy atom. The van der Waals surface area contributed by atoms with Crippen molar-refractivity contribution in [1.82, 2.24) is 4.72 Å². The van der Waals surface area contributed by atoms with Gasteiger partial charge in [0.2, 0.25) is 10.0 Å². The molecule has 150 valence electrons. The lowest BCUT2D eigenvalue weighted by Crippen LogP contribution is -2.43. The van der Waals surface area contributed by atoms with Crippen molar-refractivity contribution in [2.24, 2.45) is 5.41 Å². The maximum atomic E-state index is 12.6. The molecule has 28 heavy (non-hydrogen) atoms. The van der Waals surface area contributed by atoms with Gasteiger partial charge >= 0.3 is 5.97 Å². The van der Waals surface area contributed by atoms with Crippen molar-refractivity contribution in [2.45, 2.75) is 37.0 Å². The summed E-state index contributed by atoms with van der Waals surface area (Å²) in [6.45, 7) is 0.405. The van der Waals surface area contributed by atoms with Crippen LogP contribution in [0.3, 0.4) is 0 Å². The van der Waals surface area contributed by atoms with Crippen LogP contribution in [-0.4, -0.2) is 28.0 Å². The van der Waals surface area contributed by atoms with E-state index in [1.165, 1.54) is 19.2 Å². The molecule has 0 saturated heterocycles. The van der Waals surface area contributed by atoms with E-state index in [1.54, 1.807) is 12.1 Å². The molecule has 5 nitrogen and oxygen atoms in total. The third-order valence-corrected chi connectivity index (χ3v) is 7.02. The maximum Gasteiger partial charge on any atom is 0.309 e. The molecule has 2 aromatic rings. The highest BCUT2D eigenvalue weighted by Crippen LogP contribution is 2.43. The van der Waals surface area contributed by atoms with Gasteiger partial charge in [0.15, 0.2) is 0 Å². The number of sulfonamides is 1. The first-order valence-corrected chi connectivity index (χ1v) is 11.1. The summed E-state index contributed by atoms with van der Waals surface area (Å²) in [6, 6.07) is 14.0. The van der Waals surface area contributed by atoms with Crippen molar-refractivity contribution in [3.05, 3.63) is 64.7 Å². The zero-order chi connectivity index (χ0) is 20.2. The Balaban J connectivity index is 1.64. The number of carbonyl (C=O) groups excluding carboxylic acids is 1. The minimum atomic E-state index is -3.56. The Bertz CT molecular complexity index is 920. The Morgan fingerprint density at radius 2 is 1.68 bits per heavy atom. The molecule has 0 unspecified atom stereocenters. The number of carbonyl (C=O) groups is 1. The number of esters is 1. The molecule has 0 radical (unpaired) electrons. The molecule has 1 aliphatic rings. The lowest BCUT2D eigenvalue weighted by atomic mass is 9.65. The van der Waals surface area contributed by atoms with Crippen molar-refractivity contribution in [3.8, 4) is 0 Å². The molecule has 0 spiro atoms. The van der Waals surface area contributed by atoms with E-state index >= 15 is 0 Å². The Hall–Kier alpha value is -1.89. The summed E-state index contributed by atoms with van der Waals surface area (Å²) in [5.74, 6) is -0.264. The minimum absolute atomic E-state index is 0.0661. The Kier molecular flexibility index (Phi) is 6.43. The van der Waals surface area contributed by atoms with Crippen LogP contribution in [0.15, 0.2) is 53.4 Å². The van der Waals surface area contributed by atoms with E-state index in [1.807, 2.05) is 24.3 Å². The number of benzene rings is 2. The lowest BCUT2D eigenvalue weighted by molar-refractivity contribution is -0.139. The van der Waals surface area contributed by atoms with E-state index in [2.05, 4.69) is 9.46 Å². The van der Waals surface area contributed by atoms with Crippen LogP contribution in [0.2, 0.25) is 5.02 Å². The van der Waals surface area contributed by atoms with Crippen LogP contribution in [0.5, 0.6) is 0 Å². The minimum Gasteiger partial charge on any atom is -0.469 e. The molecule has 0 heterocycles. The van der Waals surface area contributed by atoms with Crippen LogP contribution in [-0.2, 0) is 32.4 Å². The van der Waals surface area contributed by atoms with Crippen LogP contribution in [0, 0.1) is 5.41 Å². The normalized spacial score (nSPS) is 15.6. The highest BCUT2D eigenvalue weighted by atomic mass is 35.5. The van der Waals surface area contributed by atoms with Crippen LogP contribution in [0.1, 0.15) is 30.4 Å². The molecule has 7 heteroatoms. The molecule has 1 aliphatic carbocycles. The molecule has 3 rings (SSSR count). The van der Waals surface area contributed by atoms with Gasteiger partial charge in [-0.2, -0.15) is 0 Å².